The zero-order valence-corrected chi connectivity index (χ0v) is 16.2. The molecule has 0 bridgehead atoms. The van der Waals surface area contributed by atoms with Gasteiger partial charge < -0.3 is 4.90 Å². The van der Waals surface area contributed by atoms with Gasteiger partial charge in [0.05, 0.1) is 16.1 Å². The van der Waals surface area contributed by atoms with Crippen LogP contribution in [0.1, 0.15) is 39.9 Å². The summed E-state index contributed by atoms with van der Waals surface area (Å²) in [5.74, 6) is 0.0964. The molecule has 1 heterocycles. The predicted molar refractivity (Wildman–Crippen MR) is 103 cm³/mol. The molecule has 2 aromatic rings. The minimum absolute atomic E-state index is 0.0328. The Kier molecular flexibility index (Phi) is 5.05. The molecule has 2 nitrogen and oxygen atoms in total. The molecule has 0 N–H and O–H groups in total. The molecule has 3 rings (SSSR count). The molecule has 2 unspecified atom stereocenters. The standard InChI is InChI=1S/C19H16BrCl2NO/c1-3-4-13(11-5-8-16(21)17(22)9-11)18-14-7-6-12(20)10-15(14)19(24)23(18)2/h3,5-10,13,18H,1,4H2,2H3. The number of halogens is 3. The fourth-order valence-corrected chi connectivity index (χ4v) is 4.02. The molecule has 0 saturated heterocycles. The first-order valence-electron chi connectivity index (χ1n) is 7.56. The zero-order valence-electron chi connectivity index (χ0n) is 13.1. The Hall–Kier alpha value is -1.29. The van der Waals surface area contributed by atoms with Crippen molar-refractivity contribution in [2.45, 2.75) is 18.4 Å². The minimum Gasteiger partial charge on any atom is -0.334 e. The number of rotatable bonds is 4. The van der Waals surface area contributed by atoms with Crippen molar-refractivity contribution in [2.24, 2.45) is 0 Å². The lowest BCUT2D eigenvalue weighted by atomic mass is 9.84. The third kappa shape index (κ3) is 3.01. The number of fused-ring (bicyclic) bond motifs is 1. The minimum atomic E-state index is -0.0594. The Balaban J connectivity index is 2.11. The first kappa shape index (κ1) is 17.5. The van der Waals surface area contributed by atoms with E-state index in [-0.39, 0.29) is 17.9 Å². The molecule has 0 radical (unpaired) electrons. The number of nitrogens with zero attached hydrogens (tertiary/aromatic N) is 1. The number of allylic oxidation sites excluding steroid dienone is 1. The molecule has 0 aliphatic carbocycles. The van der Waals surface area contributed by atoms with Gasteiger partial charge in [0, 0.05) is 23.0 Å². The van der Waals surface area contributed by atoms with Crippen molar-refractivity contribution in [3.63, 3.8) is 0 Å². The van der Waals surface area contributed by atoms with Gasteiger partial charge in [0.1, 0.15) is 0 Å². The average molecular weight is 425 g/mol. The second-order valence-corrected chi connectivity index (χ2v) is 7.63. The molecular formula is C19H16BrCl2NO. The summed E-state index contributed by atoms with van der Waals surface area (Å²) in [7, 11) is 1.84. The molecule has 0 saturated carbocycles. The summed E-state index contributed by atoms with van der Waals surface area (Å²) < 4.78 is 0.901. The summed E-state index contributed by atoms with van der Waals surface area (Å²) in [5.41, 5.74) is 2.82. The maximum absolute atomic E-state index is 12.7. The summed E-state index contributed by atoms with van der Waals surface area (Å²) in [4.78, 5) is 14.5. The van der Waals surface area contributed by atoms with Crippen LogP contribution in [0.4, 0.5) is 0 Å². The third-order valence-corrected chi connectivity index (χ3v) is 5.71. The second kappa shape index (κ2) is 6.91. The predicted octanol–water partition coefficient (Wildman–Crippen LogP) is 6.24. The van der Waals surface area contributed by atoms with Crippen molar-refractivity contribution < 1.29 is 4.79 Å². The van der Waals surface area contributed by atoms with Crippen molar-refractivity contribution in [3.8, 4) is 0 Å². The van der Waals surface area contributed by atoms with E-state index in [0.717, 1.165) is 27.6 Å². The van der Waals surface area contributed by atoms with Crippen LogP contribution in [0.2, 0.25) is 10.0 Å². The van der Waals surface area contributed by atoms with Crippen LogP contribution in [-0.4, -0.2) is 17.9 Å². The lowest BCUT2D eigenvalue weighted by Crippen LogP contribution is -2.27. The van der Waals surface area contributed by atoms with E-state index < -0.39 is 0 Å². The molecule has 0 spiro atoms. The first-order chi connectivity index (χ1) is 11.4. The Morgan fingerprint density at radius 2 is 2.00 bits per heavy atom. The van der Waals surface area contributed by atoms with Gasteiger partial charge in [-0.25, -0.2) is 0 Å². The number of hydrogen-bond donors (Lipinski definition) is 0. The van der Waals surface area contributed by atoms with E-state index in [2.05, 4.69) is 22.5 Å². The summed E-state index contributed by atoms with van der Waals surface area (Å²) in [6.07, 6.45) is 2.61. The van der Waals surface area contributed by atoms with Crippen LogP contribution in [0.3, 0.4) is 0 Å². The quantitative estimate of drug-likeness (QED) is 0.531. The Morgan fingerprint density at radius 3 is 2.67 bits per heavy atom. The highest BCUT2D eigenvalue weighted by molar-refractivity contribution is 9.10. The summed E-state index contributed by atoms with van der Waals surface area (Å²) in [5, 5.41) is 1.05. The van der Waals surface area contributed by atoms with Crippen LogP contribution in [0.5, 0.6) is 0 Å². The lowest BCUT2D eigenvalue weighted by Gasteiger charge is -2.30. The summed E-state index contributed by atoms with van der Waals surface area (Å²) in [6, 6.07) is 11.5. The second-order valence-electron chi connectivity index (χ2n) is 5.90. The van der Waals surface area contributed by atoms with Crippen LogP contribution in [0, 0.1) is 0 Å². The first-order valence-corrected chi connectivity index (χ1v) is 9.11. The van der Waals surface area contributed by atoms with Crippen LogP contribution in [0.25, 0.3) is 0 Å². The smallest absolute Gasteiger partial charge is 0.254 e. The average Bonchev–Trinajstić information content (AvgIpc) is 2.79. The molecule has 24 heavy (non-hydrogen) atoms. The van der Waals surface area contributed by atoms with Crippen molar-refractivity contribution >= 4 is 45.0 Å². The van der Waals surface area contributed by atoms with Gasteiger partial charge in [-0.05, 0) is 41.8 Å². The number of benzene rings is 2. The van der Waals surface area contributed by atoms with E-state index in [4.69, 9.17) is 23.2 Å². The fourth-order valence-electron chi connectivity index (χ4n) is 3.35. The van der Waals surface area contributed by atoms with Gasteiger partial charge in [0.25, 0.3) is 5.91 Å². The topological polar surface area (TPSA) is 20.3 Å². The van der Waals surface area contributed by atoms with E-state index in [1.165, 1.54) is 0 Å². The zero-order chi connectivity index (χ0) is 17.4. The molecule has 2 atom stereocenters. The molecular weight excluding hydrogens is 409 g/mol. The Labute approximate surface area is 160 Å². The van der Waals surface area contributed by atoms with E-state index >= 15 is 0 Å². The van der Waals surface area contributed by atoms with Crippen molar-refractivity contribution in [3.05, 3.63) is 80.3 Å². The van der Waals surface area contributed by atoms with Gasteiger partial charge in [-0.2, -0.15) is 0 Å². The molecule has 0 fully saturated rings. The molecule has 1 aliphatic heterocycles. The van der Waals surface area contributed by atoms with Gasteiger partial charge in [-0.15, -0.1) is 6.58 Å². The van der Waals surface area contributed by atoms with Crippen molar-refractivity contribution in [1.82, 2.24) is 4.90 Å². The largest absolute Gasteiger partial charge is 0.334 e. The highest BCUT2D eigenvalue weighted by Crippen LogP contribution is 2.45. The highest BCUT2D eigenvalue weighted by atomic mass is 79.9. The number of amides is 1. The van der Waals surface area contributed by atoms with Gasteiger partial charge in [-0.1, -0.05) is 57.3 Å². The van der Waals surface area contributed by atoms with Crippen molar-refractivity contribution in [1.29, 1.82) is 0 Å². The molecule has 124 valence electrons. The molecule has 5 heteroatoms. The molecule has 1 aliphatic rings. The van der Waals surface area contributed by atoms with E-state index in [1.54, 1.807) is 11.0 Å². The number of carbonyl (C=O) groups is 1. The van der Waals surface area contributed by atoms with Crippen LogP contribution in [-0.2, 0) is 0 Å². The number of hydrogen-bond acceptors (Lipinski definition) is 1. The summed E-state index contributed by atoms with van der Waals surface area (Å²) >= 11 is 15.7. The van der Waals surface area contributed by atoms with Gasteiger partial charge in [0.2, 0.25) is 0 Å². The van der Waals surface area contributed by atoms with Crippen molar-refractivity contribution in [2.75, 3.05) is 7.05 Å². The monoisotopic (exact) mass is 423 g/mol. The lowest BCUT2D eigenvalue weighted by molar-refractivity contribution is 0.0755. The Bertz CT molecular complexity index is 821. The SMILES string of the molecule is C=CCC(c1ccc(Cl)c(Cl)c1)C1c2ccc(Br)cc2C(=O)N1C. The normalized spacial score (nSPS) is 17.8. The number of carbonyl (C=O) groups excluding carboxylic acids is 1. The van der Waals surface area contributed by atoms with Crippen LogP contribution >= 0.6 is 39.1 Å². The molecule has 0 aromatic heterocycles. The van der Waals surface area contributed by atoms with E-state index in [1.807, 2.05) is 43.5 Å². The maximum atomic E-state index is 12.7. The molecule has 2 aromatic carbocycles. The highest BCUT2D eigenvalue weighted by Gasteiger charge is 2.39. The summed E-state index contributed by atoms with van der Waals surface area (Å²) in [6.45, 7) is 3.88. The van der Waals surface area contributed by atoms with Crippen LogP contribution < -0.4 is 0 Å². The van der Waals surface area contributed by atoms with Gasteiger partial charge in [-0.3, -0.25) is 4.79 Å². The van der Waals surface area contributed by atoms with E-state index in [0.29, 0.717) is 10.0 Å². The Morgan fingerprint density at radius 1 is 1.25 bits per heavy atom. The molecule has 1 amide bonds. The van der Waals surface area contributed by atoms with Gasteiger partial charge >= 0.3 is 0 Å². The maximum Gasteiger partial charge on any atom is 0.254 e. The van der Waals surface area contributed by atoms with E-state index in [9.17, 15) is 4.79 Å². The third-order valence-electron chi connectivity index (χ3n) is 4.48. The number of likely N-dealkylation sites (N-methyl/N-ethyl adjacent to an activating group) is 1. The fraction of sp³-hybridized carbons (Fsp3) is 0.211. The van der Waals surface area contributed by atoms with Gasteiger partial charge in [0.15, 0.2) is 0 Å². The van der Waals surface area contributed by atoms with Crippen LogP contribution in [0.15, 0.2) is 53.5 Å².